The van der Waals surface area contributed by atoms with Crippen LogP contribution in [0.15, 0.2) is 72.8 Å². The third-order valence-electron chi connectivity index (χ3n) is 6.06. The number of rotatable bonds is 13. The molecule has 0 fully saturated rings. The third-order valence-corrected chi connectivity index (χ3v) is 6.06. The van der Waals surface area contributed by atoms with Crippen molar-refractivity contribution in [1.29, 1.82) is 0 Å². The zero-order valence-electron chi connectivity index (χ0n) is 20.3. The second-order valence-electron chi connectivity index (χ2n) is 9.01. The number of hydrogen-bond donors (Lipinski definition) is 5. The first-order chi connectivity index (χ1) is 16.9. The Bertz CT molecular complexity index is 1050. The zero-order chi connectivity index (χ0) is 25.0. The van der Waals surface area contributed by atoms with Gasteiger partial charge in [0.2, 0.25) is 5.91 Å². The summed E-state index contributed by atoms with van der Waals surface area (Å²) in [7, 11) is 0. The van der Waals surface area contributed by atoms with Gasteiger partial charge in [-0.1, -0.05) is 60.7 Å². The average Bonchev–Trinajstić information content (AvgIpc) is 2.87. The molecule has 1 amide bonds. The van der Waals surface area contributed by atoms with E-state index in [2.05, 4.69) is 29.7 Å². The van der Waals surface area contributed by atoms with E-state index in [1.807, 2.05) is 42.5 Å². The highest BCUT2D eigenvalue weighted by molar-refractivity contribution is 5.78. The van der Waals surface area contributed by atoms with Crippen molar-refractivity contribution in [1.82, 2.24) is 10.6 Å². The van der Waals surface area contributed by atoms with Crippen molar-refractivity contribution in [3.8, 4) is 5.75 Å². The fraction of sp³-hybridized carbons (Fsp3) is 0.345. The van der Waals surface area contributed by atoms with Crippen LogP contribution < -0.4 is 10.6 Å². The lowest BCUT2D eigenvalue weighted by molar-refractivity contribution is -0.120. The topological polar surface area (TPSA) is 102 Å². The van der Waals surface area contributed by atoms with Crippen LogP contribution in [0.2, 0.25) is 0 Å². The molecule has 0 saturated carbocycles. The molecule has 0 aliphatic carbocycles. The SMILES string of the molecule is C[C@H](Cc1ccc(CC(=O)NCCCc2ccccc2)cc1)NC[C@H](O)c1ccc(O)c(CO)c1. The van der Waals surface area contributed by atoms with Crippen LogP contribution in [0.1, 0.15) is 47.3 Å². The third kappa shape index (κ3) is 8.83. The molecule has 0 aliphatic heterocycles. The van der Waals surface area contributed by atoms with E-state index >= 15 is 0 Å². The Hall–Kier alpha value is -3.19. The van der Waals surface area contributed by atoms with Gasteiger partial charge in [0.15, 0.2) is 0 Å². The van der Waals surface area contributed by atoms with Crippen LogP contribution in [0.25, 0.3) is 0 Å². The first-order valence-electron chi connectivity index (χ1n) is 12.2. The van der Waals surface area contributed by atoms with Gasteiger partial charge >= 0.3 is 0 Å². The number of hydrogen-bond acceptors (Lipinski definition) is 5. The Morgan fingerprint density at radius 2 is 1.66 bits per heavy atom. The monoisotopic (exact) mass is 476 g/mol. The molecule has 0 radical (unpaired) electrons. The molecule has 0 saturated heterocycles. The number of aliphatic hydroxyl groups excluding tert-OH is 2. The summed E-state index contributed by atoms with van der Waals surface area (Å²) in [6.45, 7) is 2.81. The van der Waals surface area contributed by atoms with E-state index in [-0.39, 0.29) is 24.3 Å². The standard InChI is InChI=1S/C29H36N2O4/c1-21(31-19-28(34)25-13-14-27(33)26(18-25)20-32)16-23-9-11-24(12-10-23)17-29(35)30-15-5-8-22-6-3-2-4-7-22/h2-4,6-7,9-14,18,21,28,31-34H,5,8,15-17,19-20H2,1H3,(H,30,35)/t21-,28+/m1/s1. The largest absolute Gasteiger partial charge is 0.508 e. The maximum Gasteiger partial charge on any atom is 0.224 e. The van der Waals surface area contributed by atoms with E-state index < -0.39 is 6.10 Å². The van der Waals surface area contributed by atoms with Gasteiger partial charge in [0.05, 0.1) is 19.1 Å². The summed E-state index contributed by atoms with van der Waals surface area (Å²) >= 11 is 0. The van der Waals surface area contributed by atoms with E-state index in [0.717, 1.165) is 30.4 Å². The minimum absolute atomic E-state index is 0.0220. The molecule has 6 nitrogen and oxygen atoms in total. The molecule has 3 aromatic carbocycles. The Kier molecular flexibility index (Phi) is 10.3. The Morgan fingerprint density at radius 1 is 0.943 bits per heavy atom. The second-order valence-corrected chi connectivity index (χ2v) is 9.01. The molecule has 0 spiro atoms. The number of carbonyl (C=O) groups is 1. The predicted octanol–water partition coefficient (Wildman–Crippen LogP) is 3.43. The Balaban J connectivity index is 1.37. The highest BCUT2D eigenvalue weighted by atomic mass is 16.3. The van der Waals surface area contributed by atoms with Crippen molar-refractivity contribution < 1.29 is 20.1 Å². The summed E-state index contributed by atoms with van der Waals surface area (Å²) in [5.41, 5.74) is 4.47. The molecular formula is C29H36N2O4. The van der Waals surface area contributed by atoms with Crippen LogP contribution in [0.3, 0.4) is 0 Å². The van der Waals surface area contributed by atoms with Crippen LogP contribution >= 0.6 is 0 Å². The quantitative estimate of drug-likeness (QED) is 0.243. The average molecular weight is 477 g/mol. The van der Waals surface area contributed by atoms with Gasteiger partial charge in [-0.25, -0.2) is 0 Å². The molecule has 0 heterocycles. The summed E-state index contributed by atoms with van der Waals surface area (Å²) in [6.07, 6.45) is 2.29. The lowest BCUT2D eigenvalue weighted by atomic mass is 10.0. The number of amides is 1. The molecule has 0 bridgehead atoms. The van der Waals surface area contributed by atoms with E-state index in [9.17, 15) is 20.1 Å². The van der Waals surface area contributed by atoms with Crippen molar-refractivity contribution in [3.05, 3.63) is 101 Å². The van der Waals surface area contributed by atoms with Crippen LogP contribution in [0, 0.1) is 0 Å². The van der Waals surface area contributed by atoms with Gasteiger partial charge in [-0.05, 0) is 60.6 Å². The van der Waals surface area contributed by atoms with Gasteiger partial charge in [-0.15, -0.1) is 0 Å². The van der Waals surface area contributed by atoms with E-state index in [1.54, 1.807) is 12.1 Å². The highest BCUT2D eigenvalue weighted by Gasteiger charge is 2.12. The summed E-state index contributed by atoms with van der Waals surface area (Å²) in [6, 6.07) is 23.2. The molecule has 186 valence electrons. The normalized spacial score (nSPS) is 12.8. The number of benzene rings is 3. The molecule has 35 heavy (non-hydrogen) atoms. The number of nitrogens with one attached hydrogen (secondary N) is 2. The van der Waals surface area contributed by atoms with Gasteiger partial charge in [0.25, 0.3) is 0 Å². The lowest BCUT2D eigenvalue weighted by Crippen LogP contribution is -2.32. The number of phenols is 1. The Morgan fingerprint density at radius 3 is 2.37 bits per heavy atom. The van der Waals surface area contributed by atoms with Crippen LogP contribution in [-0.2, 0) is 30.7 Å². The van der Waals surface area contributed by atoms with Gasteiger partial charge in [0, 0.05) is 24.7 Å². The molecule has 3 rings (SSSR count). The summed E-state index contributed by atoms with van der Waals surface area (Å²) < 4.78 is 0. The smallest absolute Gasteiger partial charge is 0.224 e. The van der Waals surface area contributed by atoms with E-state index in [1.165, 1.54) is 11.6 Å². The maximum atomic E-state index is 12.2. The second kappa shape index (κ2) is 13.6. The molecule has 0 unspecified atom stereocenters. The van der Waals surface area contributed by atoms with Crippen molar-refractivity contribution in [3.63, 3.8) is 0 Å². The number of carbonyl (C=O) groups excluding carboxylic acids is 1. The molecule has 2 atom stereocenters. The van der Waals surface area contributed by atoms with Crippen molar-refractivity contribution in [2.45, 2.75) is 51.4 Å². The fourth-order valence-electron chi connectivity index (χ4n) is 4.00. The first-order valence-corrected chi connectivity index (χ1v) is 12.2. The maximum absolute atomic E-state index is 12.2. The molecule has 3 aromatic rings. The minimum Gasteiger partial charge on any atom is -0.508 e. The number of aryl methyl sites for hydroxylation is 1. The van der Waals surface area contributed by atoms with E-state index in [0.29, 0.717) is 30.6 Å². The molecule has 5 N–H and O–H groups in total. The number of aliphatic hydroxyl groups is 2. The summed E-state index contributed by atoms with van der Waals surface area (Å²) in [5, 5.41) is 35.7. The van der Waals surface area contributed by atoms with Crippen molar-refractivity contribution in [2.24, 2.45) is 0 Å². The van der Waals surface area contributed by atoms with E-state index in [4.69, 9.17) is 0 Å². The molecule has 0 aliphatic rings. The van der Waals surface area contributed by atoms with Crippen LogP contribution in [-0.4, -0.2) is 40.4 Å². The number of aromatic hydroxyl groups is 1. The zero-order valence-corrected chi connectivity index (χ0v) is 20.3. The fourth-order valence-corrected chi connectivity index (χ4v) is 4.00. The summed E-state index contributed by atoms with van der Waals surface area (Å²) in [4.78, 5) is 12.2. The van der Waals surface area contributed by atoms with Crippen LogP contribution in [0.4, 0.5) is 0 Å². The first kappa shape index (κ1) is 26.4. The van der Waals surface area contributed by atoms with Crippen molar-refractivity contribution in [2.75, 3.05) is 13.1 Å². The molecular weight excluding hydrogens is 440 g/mol. The van der Waals surface area contributed by atoms with Gasteiger partial charge in [-0.3, -0.25) is 4.79 Å². The minimum atomic E-state index is -0.739. The molecule has 6 heteroatoms. The lowest BCUT2D eigenvalue weighted by Gasteiger charge is -2.18. The highest BCUT2D eigenvalue weighted by Crippen LogP contribution is 2.22. The van der Waals surface area contributed by atoms with Crippen LogP contribution in [0.5, 0.6) is 5.75 Å². The predicted molar refractivity (Wildman–Crippen MR) is 138 cm³/mol. The van der Waals surface area contributed by atoms with Gasteiger partial charge in [-0.2, -0.15) is 0 Å². The van der Waals surface area contributed by atoms with Gasteiger partial charge in [0.1, 0.15) is 5.75 Å². The molecule has 0 aromatic heterocycles. The summed E-state index contributed by atoms with van der Waals surface area (Å²) in [5.74, 6) is 0.0576. The van der Waals surface area contributed by atoms with Crippen molar-refractivity contribution >= 4 is 5.91 Å². The Labute approximate surface area is 207 Å². The van der Waals surface area contributed by atoms with Gasteiger partial charge < -0.3 is 26.0 Å².